The van der Waals surface area contributed by atoms with Gasteiger partial charge in [-0.2, -0.15) is 0 Å². The van der Waals surface area contributed by atoms with E-state index in [9.17, 15) is 0 Å². The Balaban J connectivity index is 1.57. The highest BCUT2D eigenvalue weighted by Crippen LogP contribution is 2.19. The number of piperidine rings is 1. The van der Waals surface area contributed by atoms with Gasteiger partial charge in [0.2, 0.25) is 0 Å². The van der Waals surface area contributed by atoms with E-state index in [1.165, 1.54) is 70.2 Å². The Morgan fingerprint density at radius 2 is 2.10 bits per heavy atom. The highest BCUT2D eigenvalue weighted by molar-refractivity contribution is 5.05. The van der Waals surface area contributed by atoms with Gasteiger partial charge in [0.1, 0.15) is 0 Å². The maximum atomic E-state index is 3.77. The zero-order chi connectivity index (χ0) is 14.2. The van der Waals surface area contributed by atoms with E-state index >= 15 is 0 Å². The van der Waals surface area contributed by atoms with Gasteiger partial charge < -0.3 is 5.32 Å². The summed E-state index contributed by atoms with van der Waals surface area (Å²) >= 11 is 0. The fraction of sp³-hybridized carbons (Fsp3) is 0.778. The number of allylic oxidation sites excluding steroid dienone is 2. The van der Waals surface area contributed by atoms with Crippen LogP contribution < -0.4 is 5.32 Å². The molecular formula is C18H32N2. The molecule has 0 saturated carbocycles. The predicted octanol–water partition coefficient (Wildman–Crippen LogP) is 3.90. The SMILES string of the molecule is CC(C)=CCN1CCC(NCCC2=CCCCC2)CC1. The van der Waals surface area contributed by atoms with Crippen LogP contribution in [0.25, 0.3) is 0 Å². The molecular weight excluding hydrogens is 244 g/mol. The van der Waals surface area contributed by atoms with Crippen LogP contribution in [0.1, 0.15) is 58.8 Å². The Kier molecular flexibility index (Phi) is 6.81. The second-order valence-electron chi connectivity index (χ2n) is 6.67. The Morgan fingerprint density at radius 1 is 1.30 bits per heavy atom. The summed E-state index contributed by atoms with van der Waals surface area (Å²) in [4.78, 5) is 2.58. The minimum Gasteiger partial charge on any atom is -0.314 e. The van der Waals surface area contributed by atoms with Gasteiger partial charge in [0.05, 0.1) is 0 Å². The van der Waals surface area contributed by atoms with E-state index in [-0.39, 0.29) is 0 Å². The molecule has 1 saturated heterocycles. The Labute approximate surface area is 125 Å². The molecule has 0 aromatic rings. The summed E-state index contributed by atoms with van der Waals surface area (Å²) < 4.78 is 0. The molecule has 1 aliphatic heterocycles. The van der Waals surface area contributed by atoms with Crippen molar-refractivity contribution >= 4 is 0 Å². The molecule has 114 valence electrons. The lowest BCUT2D eigenvalue weighted by Gasteiger charge is -2.32. The first kappa shape index (κ1) is 15.8. The molecule has 0 unspecified atom stereocenters. The lowest BCUT2D eigenvalue weighted by Crippen LogP contribution is -2.42. The summed E-state index contributed by atoms with van der Waals surface area (Å²) in [5.41, 5.74) is 3.13. The van der Waals surface area contributed by atoms with Crippen molar-refractivity contribution in [2.75, 3.05) is 26.2 Å². The van der Waals surface area contributed by atoms with Gasteiger partial charge in [-0.3, -0.25) is 4.90 Å². The molecule has 2 heteroatoms. The van der Waals surface area contributed by atoms with Crippen molar-refractivity contribution in [2.45, 2.75) is 64.8 Å². The van der Waals surface area contributed by atoms with Crippen LogP contribution >= 0.6 is 0 Å². The van der Waals surface area contributed by atoms with E-state index < -0.39 is 0 Å². The van der Waals surface area contributed by atoms with Gasteiger partial charge in [0, 0.05) is 12.6 Å². The fourth-order valence-corrected chi connectivity index (χ4v) is 3.20. The minimum atomic E-state index is 0.752. The van der Waals surface area contributed by atoms with Crippen molar-refractivity contribution in [1.29, 1.82) is 0 Å². The standard InChI is InChI=1S/C18H32N2/c1-16(2)9-13-20-14-10-18(11-15-20)19-12-8-17-6-4-3-5-7-17/h6,9,18-19H,3-5,7-8,10-15H2,1-2H3. The van der Waals surface area contributed by atoms with Crippen molar-refractivity contribution in [1.82, 2.24) is 10.2 Å². The van der Waals surface area contributed by atoms with Gasteiger partial charge in [-0.25, -0.2) is 0 Å². The van der Waals surface area contributed by atoms with Crippen LogP contribution in [0.5, 0.6) is 0 Å². The largest absolute Gasteiger partial charge is 0.314 e. The monoisotopic (exact) mass is 276 g/mol. The van der Waals surface area contributed by atoms with E-state index in [1.54, 1.807) is 5.57 Å². The van der Waals surface area contributed by atoms with Crippen LogP contribution in [0.2, 0.25) is 0 Å². The minimum absolute atomic E-state index is 0.752. The number of nitrogens with one attached hydrogen (secondary N) is 1. The van der Waals surface area contributed by atoms with Gasteiger partial charge >= 0.3 is 0 Å². The Hall–Kier alpha value is -0.600. The number of rotatable bonds is 6. The topological polar surface area (TPSA) is 15.3 Å². The molecule has 0 bridgehead atoms. The lowest BCUT2D eigenvalue weighted by atomic mass is 9.97. The summed E-state index contributed by atoms with van der Waals surface area (Å²) in [7, 11) is 0. The number of nitrogens with zero attached hydrogens (tertiary/aromatic N) is 1. The molecule has 2 rings (SSSR count). The van der Waals surface area contributed by atoms with Gasteiger partial charge in [-0.15, -0.1) is 0 Å². The van der Waals surface area contributed by atoms with Gasteiger partial charge in [0.25, 0.3) is 0 Å². The molecule has 20 heavy (non-hydrogen) atoms. The summed E-state index contributed by atoms with van der Waals surface area (Å²) in [6.07, 6.45) is 14.2. The highest BCUT2D eigenvalue weighted by Gasteiger charge is 2.17. The van der Waals surface area contributed by atoms with E-state index in [1.807, 2.05) is 0 Å². The molecule has 1 aliphatic carbocycles. The van der Waals surface area contributed by atoms with Crippen molar-refractivity contribution in [3.63, 3.8) is 0 Å². The average Bonchev–Trinajstić information content (AvgIpc) is 2.47. The van der Waals surface area contributed by atoms with Crippen molar-refractivity contribution < 1.29 is 0 Å². The van der Waals surface area contributed by atoms with E-state index in [4.69, 9.17) is 0 Å². The fourth-order valence-electron chi connectivity index (χ4n) is 3.20. The average molecular weight is 276 g/mol. The maximum Gasteiger partial charge on any atom is 0.0165 e. The van der Waals surface area contributed by atoms with Gasteiger partial charge in [-0.1, -0.05) is 23.3 Å². The van der Waals surface area contributed by atoms with Crippen molar-refractivity contribution in [3.8, 4) is 0 Å². The third-order valence-corrected chi connectivity index (χ3v) is 4.61. The number of likely N-dealkylation sites (tertiary alicyclic amines) is 1. The molecule has 0 radical (unpaired) electrons. The first-order chi connectivity index (χ1) is 9.74. The smallest absolute Gasteiger partial charge is 0.0165 e. The normalized spacial score (nSPS) is 21.6. The van der Waals surface area contributed by atoms with Crippen molar-refractivity contribution in [2.24, 2.45) is 0 Å². The first-order valence-corrected chi connectivity index (χ1v) is 8.51. The zero-order valence-electron chi connectivity index (χ0n) is 13.5. The third kappa shape index (κ3) is 5.80. The summed E-state index contributed by atoms with van der Waals surface area (Å²) in [6.45, 7) is 9.21. The summed E-state index contributed by atoms with van der Waals surface area (Å²) in [6, 6.07) is 0.752. The Morgan fingerprint density at radius 3 is 2.75 bits per heavy atom. The van der Waals surface area contributed by atoms with Crippen LogP contribution in [-0.2, 0) is 0 Å². The third-order valence-electron chi connectivity index (χ3n) is 4.61. The molecule has 0 spiro atoms. The molecule has 0 aromatic carbocycles. The molecule has 0 atom stereocenters. The second-order valence-corrected chi connectivity index (χ2v) is 6.67. The summed E-state index contributed by atoms with van der Waals surface area (Å²) in [5.74, 6) is 0. The molecule has 2 aliphatic rings. The first-order valence-electron chi connectivity index (χ1n) is 8.51. The molecule has 1 heterocycles. The van der Waals surface area contributed by atoms with E-state index in [0.29, 0.717) is 0 Å². The van der Waals surface area contributed by atoms with Gasteiger partial charge in [0.15, 0.2) is 0 Å². The summed E-state index contributed by atoms with van der Waals surface area (Å²) in [5, 5.41) is 3.77. The zero-order valence-corrected chi connectivity index (χ0v) is 13.5. The number of hydrogen-bond acceptors (Lipinski definition) is 2. The van der Waals surface area contributed by atoms with Crippen LogP contribution in [0.15, 0.2) is 23.3 Å². The molecule has 0 amide bonds. The Bertz CT molecular complexity index is 331. The maximum absolute atomic E-state index is 3.77. The quantitative estimate of drug-likeness (QED) is 0.740. The van der Waals surface area contributed by atoms with Crippen LogP contribution in [-0.4, -0.2) is 37.1 Å². The van der Waals surface area contributed by atoms with E-state index in [0.717, 1.165) is 12.6 Å². The van der Waals surface area contributed by atoms with Crippen LogP contribution in [0.3, 0.4) is 0 Å². The van der Waals surface area contributed by atoms with Gasteiger partial charge in [-0.05, 0) is 78.4 Å². The van der Waals surface area contributed by atoms with Crippen molar-refractivity contribution in [3.05, 3.63) is 23.3 Å². The molecule has 1 N–H and O–H groups in total. The molecule has 2 nitrogen and oxygen atoms in total. The van der Waals surface area contributed by atoms with Crippen LogP contribution in [0.4, 0.5) is 0 Å². The molecule has 0 aromatic heterocycles. The van der Waals surface area contributed by atoms with E-state index in [2.05, 4.69) is 36.2 Å². The second kappa shape index (κ2) is 8.63. The highest BCUT2D eigenvalue weighted by atomic mass is 15.1. The number of hydrogen-bond donors (Lipinski definition) is 1. The predicted molar refractivity (Wildman–Crippen MR) is 88.1 cm³/mol. The van der Waals surface area contributed by atoms with Crippen LogP contribution in [0, 0.1) is 0 Å². The lowest BCUT2D eigenvalue weighted by molar-refractivity contribution is 0.215. The molecule has 1 fully saturated rings.